The third-order valence-corrected chi connectivity index (χ3v) is 5.65. The second-order valence-corrected chi connectivity index (χ2v) is 10.5. The molecule has 0 spiro atoms. The maximum atomic E-state index is 11.9. The van der Waals surface area contributed by atoms with E-state index in [0.717, 1.165) is 19.3 Å². The average molecular weight is 413 g/mol. The first kappa shape index (κ1) is 30.0. The van der Waals surface area contributed by atoms with E-state index in [0.29, 0.717) is 36.9 Å². The number of Topliss-reactive ketones (excluding diaryl/α,β-unsaturated/α-hetero) is 2. The molecule has 0 bridgehead atoms. The number of ketones is 2. The molecule has 29 heavy (non-hydrogen) atoms. The number of carbonyl (C=O) groups is 3. The van der Waals surface area contributed by atoms with E-state index in [9.17, 15) is 14.4 Å². The molecule has 0 aromatic rings. The van der Waals surface area contributed by atoms with Gasteiger partial charge in [-0.2, -0.15) is 0 Å². The summed E-state index contributed by atoms with van der Waals surface area (Å²) in [4.78, 5) is 33.8. The van der Waals surface area contributed by atoms with Crippen LogP contribution in [0.25, 0.3) is 0 Å². The normalized spacial score (nSPS) is 14.9. The van der Waals surface area contributed by atoms with E-state index in [1.165, 1.54) is 6.92 Å². The molecule has 0 heterocycles. The van der Waals surface area contributed by atoms with Gasteiger partial charge in [-0.15, -0.1) is 0 Å². The Morgan fingerprint density at radius 2 is 1.03 bits per heavy atom. The minimum Gasteiger partial charge on any atom is -0.462 e. The van der Waals surface area contributed by atoms with Crippen LogP contribution in [-0.4, -0.2) is 23.6 Å². The van der Waals surface area contributed by atoms with Crippen molar-refractivity contribution in [2.75, 3.05) is 0 Å². The molecule has 0 aliphatic heterocycles. The summed E-state index contributed by atoms with van der Waals surface area (Å²) in [5, 5.41) is 0. The third-order valence-electron chi connectivity index (χ3n) is 5.65. The first-order valence-electron chi connectivity index (χ1n) is 11.3. The molecule has 0 saturated heterocycles. The predicted molar refractivity (Wildman–Crippen MR) is 122 cm³/mol. The van der Waals surface area contributed by atoms with Gasteiger partial charge in [0.05, 0.1) is 0 Å². The highest BCUT2D eigenvalue weighted by atomic mass is 16.5. The van der Waals surface area contributed by atoms with Crippen molar-refractivity contribution in [3.63, 3.8) is 0 Å². The van der Waals surface area contributed by atoms with Gasteiger partial charge in [0.15, 0.2) is 0 Å². The maximum Gasteiger partial charge on any atom is 0.306 e. The maximum absolute atomic E-state index is 11.9. The molecule has 0 radical (unpaired) electrons. The first-order valence-corrected chi connectivity index (χ1v) is 11.3. The fourth-order valence-corrected chi connectivity index (χ4v) is 3.50. The third kappa shape index (κ3) is 15.3. The smallest absolute Gasteiger partial charge is 0.306 e. The lowest BCUT2D eigenvalue weighted by Crippen LogP contribution is -2.26. The van der Waals surface area contributed by atoms with Crippen LogP contribution in [0.1, 0.15) is 115 Å². The van der Waals surface area contributed by atoms with E-state index in [1.807, 2.05) is 6.92 Å². The largest absolute Gasteiger partial charge is 0.462 e. The molecule has 0 fully saturated rings. The SMILES string of the molecule is CCC(CC(C)=O)C(C)(C)C.CCC(CC(C)=O)OC(=O)CC(CC)C(C)(C)C. The number of hydrogen-bond acceptors (Lipinski definition) is 4. The molecule has 0 N–H and O–H groups in total. The zero-order valence-corrected chi connectivity index (χ0v) is 21.1. The van der Waals surface area contributed by atoms with Crippen molar-refractivity contribution in [3.05, 3.63) is 0 Å². The summed E-state index contributed by atoms with van der Waals surface area (Å²) < 4.78 is 5.38. The minimum atomic E-state index is -0.257. The van der Waals surface area contributed by atoms with Crippen LogP contribution in [0.3, 0.4) is 0 Å². The Morgan fingerprint density at radius 1 is 0.655 bits per heavy atom. The number of carbonyl (C=O) groups excluding carboxylic acids is 3. The van der Waals surface area contributed by atoms with Gasteiger partial charge in [0.25, 0.3) is 0 Å². The van der Waals surface area contributed by atoms with Gasteiger partial charge in [0, 0.05) is 19.3 Å². The summed E-state index contributed by atoms with van der Waals surface area (Å²) in [7, 11) is 0. The molecule has 4 heteroatoms. The van der Waals surface area contributed by atoms with Crippen molar-refractivity contribution >= 4 is 17.5 Å². The van der Waals surface area contributed by atoms with Crippen LogP contribution in [0.15, 0.2) is 0 Å². The number of rotatable bonds is 10. The topological polar surface area (TPSA) is 60.4 Å². The molecule has 172 valence electrons. The molecular formula is C25H48O4. The van der Waals surface area contributed by atoms with Crippen molar-refractivity contribution in [3.8, 4) is 0 Å². The van der Waals surface area contributed by atoms with Crippen LogP contribution in [0, 0.1) is 22.7 Å². The average Bonchev–Trinajstić information content (AvgIpc) is 2.54. The number of ether oxygens (including phenoxy) is 1. The van der Waals surface area contributed by atoms with Crippen LogP contribution in [0.2, 0.25) is 0 Å². The number of esters is 1. The fourth-order valence-electron chi connectivity index (χ4n) is 3.50. The van der Waals surface area contributed by atoms with Crippen LogP contribution in [0.4, 0.5) is 0 Å². The minimum absolute atomic E-state index is 0.0671. The fraction of sp³-hybridized carbons (Fsp3) is 0.880. The Hall–Kier alpha value is -1.19. The van der Waals surface area contributed by atoms with E-state index >= 15 is 0 Å². The van der Waals surface area contributed by atoms with Crippen molar-refractivity contribution in [1.82, 2.24) is 0 Å². The Labute approximate surface area is 180 Å². The molecule has 0 amide bonds. The lowest BCUT2D eigenvalue weighted by molar-refractivity contribution is -0.152. The van der Waals surface area contributed by atoms with Gasteiger partial charge in [-0.25, -0.2) is 0 Å². The van der Waals surface area contributed by atoms with Crippen molar-refractivity contribution in [1.29, 1.82) is 0 Å². The zero-order valence-electron chi connectivity index (χ0n) is 21.1. The molecule has 0 rings (SSSR count). The van der Waals surface area contributed by atoms with Crippen LogP contribution >= 0.6 is 0 Å². The van der Waals surface area contributed by atoms with Crippen LogP contribution in [-0.2, 0) is 19.1 Å². The van der Waals surface area contributed by atoms with Gasteiger partial charge in [0.1, 0.15) is 17.7 Å². The van der Waals surface area contributed by atoms with Crippen molar-refractivity contribution in [2.24, 2.45) is 22.7 Å². The zero-order chi connectivity index (χ0) is 23.4. The highest BCUT2D eigenvalue weighted by Gasteiger charge is 2.27. The van der Waals surface area contributed by atoms with Gasteiger partial charge >= 0.3 is 5.97 Å². The van der Waals surface area contributed by atoms with E-state index in [2.05, 4.69) is 55.4 Å². The highest BCUT2D eigenvalue weighted by molar-refractivity contribution is 5.77. The highest BCUT2D eigenvalue weighted by Crippen LogP contribution is 2.32. The predicted octanol–water partition coefficient (Wildman–Crippen LogP) is 6.79. The second kappa shape index (κ2) is 13.9. The monoisotopic (exact) mass is 412 g/mol. The summed E-state index contributed by atoms with van der Waals surface area (Å²) in [6.45, 7) is 22.4. The molecule has 0 aromatic heterocycles. The van der Waals surface area contributed by atoms with E-state index < -0.39 is 0 Å². The molecule has 3 atom stereocenters. The molecule has 0 aromatic carbocycles. The molecule has 4 nitrogen and oxygen atoms in total. The van der Waals surface area contributed by atoms with Gasteiger partial charge in [-0.05, 0) is 42.9 Å². The van der Waals surface area contributed by atoms with Crippen molar-refractivity contribution in [2.45, 2.75) is 121 Å². The lowest BCUT2D eigenvalue weighted by atomic mass is 9.76. The Kier molecular flexibility index (Phi) is 14.4. The van der Waals surface area contributed by atoms with E-state index in [4.69, 9.17) is 4.74 Å². The number of hydrogen-bond donors (Lipinski definition) is 0. The van der Waals surface area contributed by atoms with Gasteiger partial charge in [0.2, 0.25) is 0 Å². The summed E-state index contributed by atoms with van der Waals surface area (Å²) in [6.07, 6.45) is 4.00. The molecule has 0 aliphatic rings. The van der Waals surface area contributed by atoms with Crippen molar-refractivity contribution < 1.29 is 19.1 Å². The van der Waals surface area contributed by atoms with Crippen LogP contribution in [0.5, 0.6) is 0 Å². The summed E-state index contributed by atoms with van der Waals surface area (Å²) in [5.41, 5.74) is 0.385. The quantitative estimate of drug-likeness (QED) is 0.371. The van der Waals surface area contributed by atoms with Gasteiger partial charge < -0.3 is 9.53 Å². The summed E-state index contributed by atoms with van der Waals surface area (Å²) >= 11 is 0. The second-order valence-electron chi connectivity index (χ2n) is 10.5. The van der Waals surface area contributed by atoms with Gasteiger partial charge in [-0.1, -0.05) is 75.2 Å². The molecule has 0 saturated carbocycles. The Morgan fingerprint density at radius 3 is 1.28 bits per heavy atom. The summed E-state index contributed by atoms with van der Waals surface area (Å²) in [5.74, 6) is 1.06. The van der Waals surface area contributed by atoms with E-state index in [1.54, 1.807) is 6.92 Å². The molecular weight excluding hydrogens is 364 g/mol. The van der Waals surface area contributed by atoms with Gasteiger partial charge in [-0.3, -0.25) is 9.59 Å². The van der Waals surface area contributed by atoms with Crippen LogP contribution < -0.4 is 0 Å². The molecule has 3 unspecified atom stereocenters. The Balaban J connectivity index is 0. The first-order chi connectivity index (χ1) is 13.1. The summed E-state index contributed by atoms with van der Waals surface area (Å²) in [6, 6.07) is 0. The lowest BCUT2D eigenvalue weighted by Gasteiger charge is -2.29. The standard InChI is InChI=1S/C15H28O3.C10H20O/c1-7-12(15(4,5)6)10-14(17)18-13(8-2)9-11(3)16;1-6-9(7-8(2)11)10(3,4)5/h12-13H,7-10H2,1-6H3;9H,6-7H2,1-5H3. The van der Waals surface area contributed by atoms with E-state index in [-0.39, 0.29) is 28.7 Å². The Bertz CT molecular complexity index is 494. The molecule has 0 aliphatic carbocycles.